The normalized spacial score (nSPS) is 13.6. The number of allylic oxidation sites excluding steroid dienone is 2. The second-order valence-electron chi connectivity index (χ2n) is 3.23. The van der Waals surface area contributed by atoms with Gasteiger partial charge in [-0.15, -0.1) is 0 Å². The Hall–Kier alpha value is -0.840. The number of sulfonamides is 1. The minimum atomic E-state index is -3.61. The highest BCUT2D eigenvalue weighted by atomic mass is 35.5. The number of rotatable bonds is 2. The fourth-order valence-electron chi connectivity index (χ4n) is 1.12. The highest BCUT2D eigenvalue weighted by Gasteiger charge is 2.10. The lowest BCUT2D eigenvalue weighted by Crippen LogP contribution is -2.13. The molecule has 0 aliphatic rings. The molecule has 0 bridgehead atoms. The molecule has 82 valence electrons. The Morgan fingerprint density at radius 1 is 1.20 bits per heavy atom. The quantitative estimate of drug-likeness (QED) is 0.870. The molecular formula is C10H12ClNO2S. The van der Waals surface area contributed by atoms with E-state index in [0.717, 1.165) is 5.56 Å². The van der Waals surface area contributed by atoms with Gasteiger partial charge >= 0.3 is 0 Å². The minimum absolute atomic E-state index is 0.171. The molecule has 0 heterocycles. The molecule has 0 spiro atoms. The van der Waals surface area contributed by atoms with Gasteiger partial charge in [0.2, 0.25) is 10.0 Å². The highest BCUT2D eigenvalue weighted by molar-refractivity contribution is 7.93. The molecule has 0 aliphatic carbocycles. The Morgan fingerprint density at radius 3 is 2.07 bits per heavy atom. The number of hydrogen-bond donors (Lipinski definition) is 1. The molecule has 15 heavy (non-hydrogen) atoms. The van der Waals surface area contributed by atoms with E-state index < -0.39 is 10.0 Å². The van der Waals surface area contributed by atoms with Crippen molar-refractivity contribution in [2.45, 2.75) is 13.8 Å². The highest BCUT2D eigenvalue weighted by Crippen LogP contribution is 2.21. The van der Waals surface area contributed by atoms with Gasteiger partial charge in [0.25, 0.3) is 0 Å². The zero-order chi connectivity index (χ0) is 11.6. The van der Waals surface area contributed by atoms with Crippen molar-refractivity contribution in [1.29, 1.82) is 0 Å². The van der Waals surface area contributed by atoms with Crippen molar-refractivity contribution in [2.24, 2.45) is 5.14 Å². The van der Waals surface area contributed by atoms with Crippen molar-refractivity contribution in [3.63, 3.8) is 0 Å². The van der Waals surface area contributed by atoms with E-state index in [9.17, 15) is 8.42 Å². The van der Waals surface area contributed by atoms with Gasteiger partial charge in [0, 0.05) is 5.02 Å². The average Bonchev–Trinajstić information content (AvgIpc) is 2.15. The Bertz CT molecular complexity index is 489. The van der Waals surface area contributed by atoms with Crippen LogP contribution in [0.4, 0.5) is 0 Å². The van der Waals surface area contributed by atoms with Crippen LogP contribution in [0.25, 0.3) is 5.57 Å². The lowest BCUT2D eigenvalue weighted by atomic mass is 10.1. The number of benzene rings is 1. The standard InChI is InChI=1S/C10H12ClNO2S/c1-7(8(2)15(12,13)14)9-3-5-10(11)6-4-9/h3-6H,1-2H3,(H2,12,13,14). The SMILES string of the molecule is CC(=C(C)S(N)(=O)=O)c1ccc(Cl)cc1. The van der Waals surface area contributed by atoms with Gasteiger partial charge in [0.1, 0.15) is 0 Å². The lowest BCUT2D eigenvalue weighted by molar-refractivity contribution is 0.604. The molecule has 0 atom stereocenters. The van der Waals surface area contributed by atoms with Crippen molar-refractivity contribution < 1.29 is 8.42 Å². The summed E-state index contributed by atoms with van der Waals surface area (Å²) in [7, 11) is -3.61. The second-order valence-corrected chi connectivity index (χ2v) is 5.37. The molecule has 0 aromatic heterocycles. The third kappa shape index (κ3) is 3.06. The van der Waals surface area contributed by atoms with Crippen LogP contribution in [0.15, 0.2) is 29.2 Å². The molecule has 0 saturated carbocycles. The number of nitrogens with two attached hydrogens (primary N) is 1. The van der Waals surface area contributed by atoms with Gasteiger partial charge < -0.3 is 0 Å². The van der Waals surface area contributed by atoms with Gasteiger partial charge in [-0.2, -0.15) is 0 Å². The molecule has 0 unspecified atom stereocenters. The first-order valence-corrected chi connectivity index (χ1v) is 6.21. The van der Waals surface area contributed by atoms with Crippen LogP contribution >= 0.6 is 11.6 Å². The van der Waals surface area contributed by atoms with Gasteiger partial charge in [-0.3, -0.25) is 0 Å². The maximum Gasteiger partial charge on any atom is 0.234 e. The first-order chi connectivity index (χ1) is 6.82. The van der Waals surface area contributed by atoms with Crippen LogP contribution in [-0.4, -0.2) is 8.42 Å². The van der Waals surface area contributed by atoms with E-state index in [2.05, 4.69) is 0 Å². The van der Waals surface area contributed by atoms with Crippen molar-refractivity contribution in [3.8, 4) is 0 Å². The molecule has 1 aromatic rings. The summed E-state index contributed by atoms with van der Waals surface area (Å²) in [5.74, 6) is 0. The van der Waals surface area contributed by atoms with Gasteiger partial charge in [0.15, 0.2) is 0 Å². The van der Waals surface area contributed by atoms with Crippen molar-refractivity contribution in [3.05, 3.63) is 39.8 Å². The van der Waals surface area contributed by atoms with Crippen LogP contribution in [0, 0.1) is 0 Å². The molecule has 2 N–H and O–H groups in total. The summed E-state index contributed by atoms with van der Waals surface area (Å²) in [6.07, 6.45) is 0. The van der Waals surface area contributed by atoms with Crippen LogP contribution < -0.4 is 5.14 Å². The van der Waals surface area contributed by atoms with Crippen LogP contribution in [0.2, 0.25) is 5.02 Å². The van der Waals surface area contributed by atoms with Crippen LogP contribution in [0.3, 0.4) is 0 Å². The van der Waals surface area contributed by atoms with Gasteiger partial charge in [-0.05, 0) is 37.1 Å². The molecule has 0 radical (unpaired) electrons. The third-order valence-electron chi connectivity index (χ3n) is 2.23. The Balaban J connectivity index is 3.25. The van der Waals surface area contributed by atoms with Crippen LogP contribution in [0.1, 0.15) is 19.4 Å². The van der Waals surface area contributed by atoms with Gasteiger partial charge in [0.05, 0.1) is 4.91 Å². The average molecular weight is 246 g/mol. The molecule has 0 fully saturated rings. The molecule has 0 aliphatic heterocycles. The minimum Gasteiger partial charge on any atom is -0.225 e. The summed E-state index contributed by atoms with van der Waals surface area (Å²) >= 11 is 5.73. The molecule has 3 nitrogen and oxygen atoms in total. The van der Waals surface area contributed by atoms with E-state index in [1.54, 1.807) is 31.2 Å². The summed E-state index contributed by atoms with van der Waals surface area (Å²) in [6, 6.07) is 6.92. The fraction of sp³-hybridized carbons (Fsp3) is 0.200. The van der Waals surface area contributed by atoms with E-state index >= 15 is 0 Å². The lowest BCUT2D eigenvalue weighted by Gasteiger charge is -2.06. The third-order valence-corrected chi connectivity index (χ3v) is 3.64. The van der Waals surface area contributed by atoms with E-state index in [-0.39, 0.29) is 4.91 Å². The van der Waals surface area contributed by atoms with E-state index in [1.165, 1.54) is 6.92 Å². The molecule has 1 rings (SSSR count). The zero-order valence-corrected chi connectivity index (χ0v) is 10.1. The monoisotopic (exact) mass is 245 g/mol. The molecule has 0 saturated heterocycles. The summed E-state index contributed by atoms with van der Waals surface area (Å²) in [5, 5.41) is 5.65. The summed E-state index contributed by atoms with van der Waals surface area (Å²) < 4.78 is 22.2. The number of primary sulfonamides is 1. The molecule has 0 amide bonds. The Kier molecular flexibility index (Phi) is 3.54. The first-order valence-electron chi connectivity index (χ1n) is 4.28. The Labute approximate surface area is 94.6 Å². The maximum absolute atomic E-state index is 11.1. The molecular weight excluding hydrogens is 234 g/mol. The van der Waals surface area contributed by atoms with E-state index in [4.69, 9.17) is 16.7 Å². The van der Waals surface area contributed by atoms with Crippen molar-refractivity contribution in [1.82, 2.24) is 0 Å². The fourth-order valence-corrected chi connectivity index (χ4v) is 1.79. The van der Waals surface area contributed by atoms with Crippen molar-refractivity contribution >= 4 is 27.2 Å². The van der Waals surface area contributed by atoms with E-state index in [0.29, 0.717) is 10.6 Å². The zero-order valence-electron chi connectivity index (χ0n) is 8.49. The number of halogens is 1. The second kappa shape index (κ2) is 4.35. The summed E-state index contributed by atoms with van der Waals surface area (Å²) in [5.41, 5.74) is 1.43. The summed E-state index contributed by atoms with van der Waals surface area (Å²) in [6.45, 7) is 3.20. The molecule has 5 heteroatoms. The Morgan fingerprint density at radius 2 is 1.67 bits per heavy atom. The van der Waals surface area contributed by atoms with Gasteiger partial charge in [-0.1, -0.05) is 23.7 Å². The largest absolute Gasteiger partial charge is 0.234 e. The predicted molar refractivity (Wildman–Crippen MR) is 62.8 cm³/mol. The van der Waals surface area contributed by atoms with Gasteiger partial charge in [-0.25, -0.2) is 13.6 Å². The first kappa shape index (κ1) is 12.2. The molecule has 1 aromatic carbocycles. The smallest absolute Gasteiger partial charge is 0.225 e. The van der Waals surface area contributed by atoms with Crippen LogP contribution in [-0.2, 0) is 10.0 Å². The van der Waals surface area contributed by atoms with Crippen LogP contribution in [0.5, 0.6) is 0 Å². The number of hydrogen-bond acceptors (Lipinski definition) is 2. The summed E-state index contributed by atoms with van der Waals surface area (Å²) in [4.78, 5) is 0.171. The topological polar surface area (TPSA) is 60.2 Å². The van der Waals surface area contributed by atoms with E-state index in [1.807, 2.05) is 0 Å². The predicted octanol–water partition coefficient (Wildman–Crippen LogP) is 2.38. The van der Waals surface area contributed by atoms with Crippen molar-refractivity contribution in [2.75, 3.05) is 0 Å². The maximum atomic E-state index is 11.1.